The molecule has 0 aromatic rings. The number of carbonyl (C=O) groups excluding carboxylic acids is 3. The van der Waals surface area contributed by atoms with E-state index in [0.29, 0.717) is 32.1 Å². The average Bonchev–Trinajstić information content (AvgIpc) is 2.85. The highest BCUT2D eigenvalue weighted by Gasteiger charge is 2.72. The Balaban J connectivity index is 1.58. The second-order valence-electron chi connectivity index (χ2n) is 15.3. The Morgan fingerprint density at radius 1 is 1.02 bits per heavy atom. The fraction of sp³-hybridized carbons (Fsp3) is 0.812. The predicted molar refractivity (Wildman–Crippen MR) is 143 cm³/mol. The Morgan fingerprint density at radius 3 is 2.30 bits per heavy atom. The van der Waals surface area contributed by atoms with E-state index in [4.69, 9.17) is 0 Å². The molecule has 0 bridgehead atoms. The molecule has 1 amide bonds. The molecule has 4 saturated carbocycles. The van der Waals surface area contributed by atoms with E-state index in [1.807, 2.05) is 13.0 Å². The van der Waals surface area contributed by atoms with Gasteiger partial charge in [-0.2, -0.15) is 18.4 Å². The van der Waals surface area contributed by atoms with Gasteiger partial charge in [-0.15, -0.1) is 0 Å². The zero-order chi connectivity index (χ0) is 29.7. The first-order valence-corrected chi connectivity index (χ1v) is 14.9. The van der Waals surface area contributed by atoms with E-state index in [9.17, 15) is 32.8 Å². The number of ketones is 2. The van der Waals surface area contributed by atoms with Gasteiger partial charge < -0.3 is 5.32 Å². The molecule has 5 rings (SSSR count). The van der Waals surface area contributed by atoms with Crippen molar-refractivity contribution in [3.63, 3.8) is 0 Å². The molecule has 4 fully saturated rings. The van der Waals surface area contributed by atoms with Crippen molar-refractivity contribution in [2.24, 2.45) is 56.7 Å². The van der Waals surface area contributed by atoms with Crippen molar-refractivity contribution in [2.75, 3.05) is 6.54 Å². The number of nitrogens with one attached hydrogen (secondary N) is 1. The summed E-state index contributed by atoms with van der Waals surface area (Å²) >= 11 is 0. The number of carbonyl (C=O) groups is 3. The fourth-order valence-corrected chi connectivity index (χ4v) is 10.7. The third-order valence-electron chi connectivity index (χ3n) is 13.0. The van der Waals surface area contributed by atoms with Crippen LogP contribution in [-0.4, -0.2) is 30.2 Å². The number of nitrogens with zero attached hydrogens (tertiary/aromatic N) is 1. The molecule has 0 aliphatic heterocycles. The van der Waals surface area contributed by atoms with Gasteiger partial charge in [0.15, 0.2) is 5.78 Å². The molecule has 2 unspecified atom stereocenters. The fourth-order valence-electron chi connectivity index (χ4n) is 10.7. The summed E-state index contributed by atoms with van der Waals surface area (Å²) < 4.78 is 39.4. The average molecular weight is 561 g/mol. The highest BCUT2D eigenvalue weighted by Crippen LogP contribution is 2.75. The maximum atomic E-state index is 14.4. The maximum Gasteiger partial charge on any atom is 0.405 e. The number of rotatable bonds is 2. The number of alkyl halides is 3. The van der Waals surface area contributed by atoms with Crippen LogP contribution in [0.5, 0.6) is 0 Å². The zero-order valence-corrected chi connectivity index (χ0v) is 24.6. The van der Waals surface area contributed by atoms with Crippen LogP contribution in [0.25, 0.3) is 0 Å². The van der Waals surface area contributed by atoms with Gasteiger partial charge >= 0.3 is 6.18 Å². The largest absolute Gasteiger partial charge is 0.405 e. The molecule has 0 spiro atoms. The van der Waals surface area contributed by atoms with Crippen molar-refractivity contribution in [1.82, 2.24) is 5.32 Å². The molecule has 0 aromatic carbocycles. The monoisotopic (exact) mass is 560 g/mol. The van der Waals surface area contributed by atoms with Crippen molar-refractivity contribution in [3.8, 4) is 6.07 Å². The number of hydrogen-bond donors (Lipinski definition) is 1. The molecule has 9 atom stereocenters. The molecular formula is C32H43F3N2O3. The Hall–Kier alpha value is -2.17. The summed E-state index contributed by atoms with van der Waals surface area (Å²) in [5.74, 6) is -1.61. The van der Waals surface area contributed by atoms with Gasteiger partial charge in [0.1, 0.15) is 18.4 Å². The standard InChI is InChI=1S/C32H43F3N2O3/c1-18-20-7-8-29(5)23(28(20,4)14-19(16-36)25(18)39)13-22(38)24-21-15-27(2,3)9-11-31(21,12-10-30(24,29)6)26(40)37-17-32(33,34)35/h14,18,20-21,23-24H,7-13,15,17H2,1-6H3,(H,37,40)/t18-,20-,21?,23+,24?,28-,29+,30+,31-/m0/s1. The van der Waals surface area contributed by atoms with E-state index in [0.717, 1.165) is 19.3 Å². The maximum absolute atomic E-state index is 14.4. The van der Waals surface area contributed by atoms with Gasteiger partial charge in [-0.1, -0.05) is 47.6 Å². The molecule has 0 heterocycles. The molecular weight excluding hydrogens is 517 g/mol. The molecule has 0 aromatic heterocycles. The van der Waals surface area contributed by atoms with Crippen LogP contribution >= 0.6 is 0 Å². The third-order valence-corrected chi connectivity index (χ3v) is 13.0. The molecule has 220 valence electrons. The van der Waals surface area contributed by atoms with Crippen LogP contribution in [-0.2, 0) is 14.4 Å². The van der Waals surface area contributed by atoms with E-state index in [1.165, 1.54) is 0 Å². The van der Waals surface area contributed by atoms with Crippen LogP contribution in [0.1, 0.15) is 92.9 Å². The minimum Gasteiger partial charge on any atom is -0.346 e. The summed E-state index contributed by atoms with van der Waals surface area (Å²) in [7, 11) is 0. The van der Waals surface area contributed by atoms with Crippen molar-refractivity contribution >= 4 is 17.5 Å². The van der Waals surface area contributed by atoms with Crippen LogP contribution < -0.4 is 5.32 Å². The number of fused-ring (bicyclic) bond motifs is 7. The second-order valence-corrected chi connectivity index (χ2v) is 15.3. The van der Waals surface area contributed by atoms with Gasteiger partial charge in [0.25, 0.3) is 0 Å². The van der Waals surface area contributed by atoms with E-state index >= 15 is 0 Å². The number of hydrogen-bond acceptors (Lipinski definition) is 4. The lowest BCUT2D eigenvalue weighted by molar-refractivity contribution is -0.219. The molecule has 5 aliphatic rings. The Labute approximate surface area is 235 Å². The van der Waals surface area contributed by atoms with Gasteiger partial charge in [-0.05, 0) is 84.4 Å². The zero-order valence-electron chi connectivity index (χ0n) is 24.6. The highest BCUT2D eigenvalue weighted by molar-refractivity contribution is 6.02. The first-order valence-electron chi connectivity index (χ1n) is 14.9. The molecule has 8 heteroatoms. The van der Waals surface area contributed by atoms with Crippen LogP contribution in [0, 0.1) is 68.0 Å². The van der Waals surface area contributed by atoms with Crippen molar-refractivity contribution < 1.29 is 27.6 Å². The van der Waals surface area contributed by atoms with Crippen molar-refractivity contribution in [2.45, 2.75) is 99.1 Å². The van der Waals surface area contributed by atoms with Crippen molar-refractivity contribution in [1.29, 1.82) is 5.26 Å². The third kappa shape index (κ3) is 3.96. The van der Waals surface area contributed by atoms with Crippen LogP contribution in [0.15, 0.2) is 11.6 Å². The summed E-state index contributed by atoms with van der Waals surface area (Å²) in [5.41, 5.74) is -2.14. The van der Waals surface area contributed by atoms with Gasteiger partial charge in [-0.25, -0.2) is 0 Å². The van der Waals surface area contributed by atoms with Gasteiger partial charge in [0.2, 0.25) is 5.91 Å². The summed E-state index contributed by atoms with van der Waals surface area (Å²) in [6, 6.07) is 2.12. The normalized spacial score (nSPS) is 46.1. The summed E-state index contributed by atoms with van der Waals surface area (Å²) in [6.07, 6.45) is 2.23. The Kier molecular flexibility index (Phi) is 6.54. The van der Waals surface area contributed by atoms with E-state index in [2.05, 4.69) is 46.0 Å². The minimum absolute atomic E-state index is 0.0487. The van der Waals surface area contributed by atoms with E-state index in [-0.39, 0.29) is 51.6 Å². The summed E-state index contributed by atoms with van der Waals surface area (Å²) in [5, 5.41) is 12.0. The minimum atomic E-state index is -4.50. The number of allylic oxidation sites excluding steroid dienone is 2. The van der Waals surface area contributed by atoms with Crippen LogP contribution in [0.2, 0.25) is 0 Å². The van der Waals surface area contributed by atoms with Gasteiger partial charge in [0, 0.05) is 18.3 Å². The molecule has 0 radical (unpaired) electrons. The molecule has 5 aliphatic carbocycles. The quantitative estimate of drug-likeness (QED) is 0.414. The lowest BCUT2D eigenvalue weighted by Gasteiger charge is -2.71. The van der Waals surface area contributed by atoms with Gasteiger partial charge in [-0.3, -0.25) is 14.4 Å². The number of nitriles is 1. The molecule has 40 heavy (non-hydrogen) atoms. The van der Waals surface area contributed by atoms with E-state index < -0.39 is 40.8 Å². The number of halogens is 3. The lowest BCUT2D eigenvalue weighted by atomic mass is 9.32. The highest BCUT2D eigenvalue weighted by atomic mass is 19.4. The number of amides is 1. The molecule has 5 nitrogen and oxygen atoms in total. The first kappa shape index (κ1) is 29.3. The molecule has 1 N–H and O–H groups in total. The molecule has 0 saturated heterocycles. The van der Waals surface area contributed by atoms with Crippen molar-refractivity contribution in [3.05, 3.63) is 11.6 Å². The summed E-state index contributed by atoms with van der Waals surface area (Å²) in [4.78, 5) is 41.0. The smallest absolute Gasteiger partial charge is 0.346 e. The van der Waals surface area contributed by atoms with Crippen LogP contribution in [0.3, 0.4) is 0 Å². The SMILES string of the molecule is C[C@@H]1C(=O)C(C#N)=C[C@]2(C)[C@H]3CC(=O)C4C5CC(C)(C)CC[C@]5(C(=O)NCC(F)(F)F)CC[C@@]4(C)[C@]3(C)CC[C@@H]12. The predicted octanol–water partition coefficient (Wildman–Crippen LogP) is 6.57. The first-order chi connectivity index (χ1) is 18.4. The lowest BCUT2D eigenvalue weighted by Crippen LogP contribution is -2.69. The Morgan fingerprint density at radius 2 is 1.68 bits per heavy atom. The van der Waals surface area contributed by atoms with E-state index in [1.54, 1.807) is 0 Å². The Bertz CT molecular complexity index is 1220. The number of Topliss-reactive ketones (excluding diaryl/α,β-unsaturated/α-hetero) is 2. The summed E-state index contributed by atoms with van der Waals surface area (Å²) in [6.45, 7) is 11.4. The van der Waals surface area contributed by atoms with Crippen LogP contribution in [0.4, 0.5) is 13.2 Å². The second kappa shape index (κ2) is 8.91. The van der Waals surface area contributed by atoms with Gasteiger partial charge in [0.05, 0.1) is 11.0 Å². The topological polar surface area (TPSA) is 87.0 Å².